The van der Waals surface area contributed by atoms with E-state index in [4.69, 9.17) is 15.2 Å². The number of carbonyl (C=O) groups excluding carboxylic acids is 10. The first-order valence-electron chi connectivity index (χ1n) is 26.8. The fourth-order valence-electron chi connectivity index (χ4n) is 10.5. The molecular weight excluding hydrogens is 1070 g/mol. The average molecular weight is 1140 g/mol. The predicted molar refractivity (Wildman–Crippen MR) is 290 cm³/mol. The van der Waals surface area contributed by atoms with Gasteiger partial charge in [-0.25, -0.2) is 4.79 Å². The highest BCUT2D eigenvalue weighted by Crippen LogP contribution is 2.39. The van der Waals surface area contributed by atoms with Gasteiger partial charge in [-0.2, -0.15) is 11.8 Å². The molecule has 2 bridgehead atoms. The molecule has 26 heteroatoms. The molecule has 1 unspecified atom stereocenters. The Balaban J connectivity index is 1.55. The molecule has 436 valence electrons. The zero-order chi connectivity index (χ0) is 58.2. The van der Waals surface area contributed by atoms with Crippen LogP contribution in [0.15, 0.2) is 17.2 Å². The number of aromatic amines is 1. The van der Waals surface area contributed by atoms with Crippen molar-refractivity contribution in [3.8, 4) is 5.75 Å². The number of rotatable bonds is 11. The molecule has 2 saturated heterocycles. The molecule has 4 aliphatic rings. The number of methoxy groups -OCH3 is 1. The Labute approximate surface area is 465 Å². The molecule has 4 aliphatic heterocycles. The van der Waals surface area contributed by atoms with Gasteiger partial charge in [-0.15, -0.1) is 0 Å². The molecule has 0 spiro atoms. The van der Waals surface area contributed by atoms with Gasteiger partial charge < -0.3 is 66.8 Å². The Bertz CT molecular complexity index is 2700. The van der Waals surface area contributed by atoms with Gasteiger partial charge in [0.15, 0.2) is 11.6 Å². The van der Waals surface area contributed by atoms with Gasteiger partial charge in [-0.3, -0.25) is 47.4 Å². The third kappa shape index (κ3) is 15.6. The second-order valence-electron chi connectivity index (χ2n) is 22.3. The highest BCUT2D eigenvalue weighted by molar-refractivity contribution is 7.99. The standard InChI is InChI=1S/C53H77N9O15S2/c1-9-27(3)33-17-30(64)19-55-46(69)29-15-34-32-10-11-41(76-8)35(24-78-31-12-13-61(22-31)52(74)77-53(5,6)7)45(32)60-50(34)79(75)25-37(57-43(68)20-56-47(33)70)48(71)58-36(18-42(54)67)51(73)62-21-26(2)14-38(62)49(72)59-44(39(65)16-29)28(4)40(66)23-63/h10-11,26-29,31,33,36-38,40,44,60,63,66H,9,12-25H2,1-8H3,(H2,54,67)(H,55,69)(H,56,70)(H,57,68)(H,58,71)(H,59,72)/t26-,27+,28+,29-,31-,33+,36+,37+,38+,40+,44+,79?/m1/s1. The molecule has 0 saturated carbocycles. The molecule has 1 aromatic heterocycles. The number of aliphatic hydroxyl groups is 2. The molecular formula is C53H77N9O15S2. The topological polar surface area (TPSA) is 355 Å². The summed E-state index contributed by atoms with van der Waals surface area (Å²) in [6.07, 6.45) is -3.09. The average Bonchev–Trinajstić information content (AvgIpc) is 4.37. The number of Topliss-reactive ketones (excluding diaryl/α,β-unsaturated/α-hetero) is 2. The lowest BCUT2D eigenvalue weighted by molar-refractivity contribution is -0.143. The summed E-state index contributed by atoms with van der Waals surface area (Å²) in [7, 11) is -0.908. The van der Waals surface area contributed by atoms with Gasteiger partial charge >= 0.3 is 6.09 Å². The van der Waals surface area contributed by atoms with Crippen molar-refractivity contribution in [1.29, 1.82) is 0 Å². The second kappa shape index (κ2) is 26.9. The van der Waals surface area contributed by atoms with E-state index in [1.165, 1.54) is 25.8 Å². The molecule has 5 heterocycles. The van der Waals surface area contributed by atoms with Crippen LogP contribution in [0.5, 0.6) is 5.75 Å². The van der Waals surface area contributed by atoms with Crippen molar-refractivity contribution >= 4 is 92.5 Å². The molecule has 0 radical (unpaired) electrons. The van der Waals surface area contributed by atoms with Crippen LogP contribution in [-0.2, 0) is 70.9 Å². The van der Waals surface area contributed by atoms with Gasteiger partial charge in [0, 0.05) is 72.2 Å². The number of aliphatic hydroxyl groups excluding tert-OH is 2. The number of thioether (sulfide) groups is 1. The third-order valence-corrected chi connectivity index (χ3v) is 17.9. The van der Waals surface area contributed by atoms with Crippen LogP contribution in [0.3, 0.4) is 0 Å². The van der Waals surface area contributed by atoms with E-state index in [-0.39, 0.29) is 53.3 Å². The SMILES string of the molecule is CC[C@H](C)[C@@H]1CC(=O)CNC(=O)[C@H]2CC(=O)[C@H]([C@@H](C)[C@@H](O)CO)NC(=O)[C@@H]3C[C@@H](C)CN3C(=O)[C@H](CC(N)=O)NC(=O)[C@H](CS(=O)c3[nH]c4c(CS[C@@H]5CCN(C(=O)OC(C)(C)C)C5)c(OC)ccc4c3C2)NC(=O)CNC1=O. The monoisotopic (exact) mass is 1140 g/mol. The highest BCUT2D eigenvalue weighted by atomic mass is 32.2. The van der Waals surface area contributed by atoms with Gasteiger partial charge in [0.05, 0.1) is 67.4 Å². The third-order valence-electron chi connectivity index (χ3n) is 15.1. The number of primary amides is 1. The van der Waals surface area contributed by atoms with Crippen molar-refractivity contribution in [1.82, 2.24) is 41.4 Å². The number of nitrogens with two attached hydrogens (primary N) is 1. The number of H-pyrrole nitrogens is 1. The number of ketones is 2. The largest absolute Gasteiger partial charge is 0.496 e. The number of amides is 8. The van der Waals surface area contributed by atoms with E-state index >= 15 is 9.00 Å². The Morgan fingerprint density at radius 1 is 0.937 bits per heavy atom. The number of nitrogens with one attached hydrogen (secondary N) is 6. The summed E-state index contributed by atoms with van der Waals surface area (Å²) in [5.41, 5.74) is 6.13. The van der Waals surface area contributed by atoms with E-state index in [1.807, 2.05) is 0 Å². The first kappa shape index (κ1) is 62.1. The number of fused-ring (bicyclic) bond motifs is 5. The maximum atomic E-state index is 15.3. The van der Waals surface area contributed by atoms with E-state index in [0.29, 0.717) is 48.1 Å². The van der Waals surface area contributed by atoms with E-state index in [2.05, 4.69) is 31.6 Å². The maximum Gasteiger partial charge on any atom is 0.410 e. The fourth-order valence-corrected chi connectivity index (χ4v) is 13.1. The van der Waals surface area contributed by atoms with Crippen molar-refractivity contribution in [3.05, 3.63) is 23.3 Å². The number of aromatic nitrogens is 1. The lowest BCUT2D eigenvalue weighted by Gasteiger charge is -2.32. The second-order valence-corrected chi connectivity index (χ2v) is 25.0. The lowest BCUT2D eigenvalue weighted by Crippen LogP contribution is -2.60. The molecule has 24 nitrogen and oxygen atoms in total. The normalized spacial score (nSPS) is 27.6. The van der Waals surface area contributed by atoms with Crippen molar-refractivity contribution in [2.75, 3.05) is 52.2 Å². The molecule has 2 aromatic rings. The summed E-state index contributed by atoms with van der Waals surface area (Å²) >= 11 is 1.52. The van der Waals surface area contributed by atoms with Crippen LogP contribution < -0.4 is 37.1 Å². The first-order chi connectivity index (χ1) is 37.2. The van der Waals surface area contributed by atoms with Gasteiger partial charge in [-0.05, 0) is 69.6 Å². The van der Waals surface area contributed by atoms with Crippen LogP contribution in [0.1, 0.15) is 98.1 Å². The summed E-state index contributed by atoms with van der Waals surface area (Å²) < 4.78 is 26.8. The summed E-state index contributed by atoms with van der Waals surface area (Å²) in [5, 5.41) is 34.4. The Morgan fingerprint density at radius 2 is 1.65 bits per heavy atom. The zero-order valence-electron chi connectivity index (χ0n) is 46.1. The van der Waals surface area contributed by atoms with Crippen molar-refractivity contribution in [3.63, 3.8) is 0 Å². The van der Waals surface area contributed by atoms with E-state index in [0.717, 1.165) is 4.90 Å². The molecule has 8 amide bonds. The van der Waals surface area contributed by atoms with Gasteiger partial charge in [0.2, 0.25) is 41.4 Å². The van der Waals surface area contributed by atoms with Gasteiger partial charge in [0.1, 0.15) is 34.5 Å². The molecule has 10 N–H and O–H groups in total. The predicted octanol–water partition coefficient (Wildman–Crippen LogP) is 0.0818. The maximum absolute atomic E-state index is 15.3. The van der Waals surface area contributed by atoms with Crippen LogP contribution in [-0.4, -0.2) is 182 Å². The number of carbonyl (C=O) groups is 10. The first-order valence-corrected chi connectivity index (χ1v) is 29.2. The number of hydrogen-bond donors (Lipinski definition) is 9. The Kier molecular flexibility index (Phi) is 21.1. The Morgan fingerprint density at radius 3 is 2.30 bits per heavy atom. The van der Waals surface area contributed by atoms with E-state index in [9.17, 15) is 53.4 Å². The van der Waals surface area contributed by atoms with Crippen LogP contribution in [0, 0.1) is 29.6 Å². The van der Waals surface area contributed by atoms with E-state index in [1.54, 1.807) is 58.6 Å². The summed E-state index contributed by atoms with van der Waals surface area (Å²) in [6.45, 7) is 10.7. The zero-order valence-corrected chi connectivity index (χ0v) is 47.7. The quantitative estimate of drug-likeness (QED) is 0.144. The molecule has 2 fully saturated rings. The molecule has 0 aliphatic carbocycles. The summed E-state index contributed by atoms with van der Waals surface area (Å²) in [6, 6.07) is -3.08. The number of likely N-dealkylation sites (tertiary alicyclic amines) is 1. The van der Waals surface area contributed by atoms with Gasteiger partial charge in [0.25, 0.3) is 0 Å². The number of benzene rings is 1. The van der Waals surface area contributed by atoms with Crippen molar-refractivity contribution < 1.29 is 71.8 Å². The molecule has 6 rings (SSSR count). The number of hydrogen-bond acceptors (Lipinski definition) is 16. The minimum Gasteiger partial charge on any atom is -0.496 e. The smallest absolute Gasteiger partial charge is 0.410 e. The van der Waals surface area contributed by atoms with E-state index < -0.39 is 168 Å². The van der Waals surface area contributed by atoms with Crippen LogP contribution in [0.2, 0.25) is 0 Å². The van der Waals surface area contributed by atoms with Gasteiger partial charge in [-0.1, -0.05) is 34.1 Å². The highest BCUT2D eigenvalue weighted by Gasteiger charge is 2.45. The van der Waals surface area contributed by atoms with Crippen LogP contribution in [0.25, 0.3) is 10.9 Å². The summed E-state index contributed by atoms with van der Waals surface area (Å²) in [5.74, 6) is -12.0. The van der Waals surface area contributed by atoms with Crippen LogP contribution in [0.4, 0.5) is 4.79 Å². The van der Waals surface area contributed by atoms with Crippen molar-refractivity contribution in [2.24, 2.45) is 35.3 Å². The lowest BCUT2D eigenvalue weighted by atomic mass is 9.85. The summed E-state index contributed by atoms with van der Waals surface area (Å²) in [4.78, 5) is 147. The molecule has 79 heavy (non-hydrogen) atoms. The van der Waals surface area contributed by atoms with Crippen molar-refractivity contribution in [2.45, 2.75) is 145 Å². The van der Waals surface area contributed by atoms with Crippen LogP contribution >= 0.6 is 11.8 Å². The minimum atomic E-state index is -2.37. The molecule has 1 aromatic carbocycles. The number of ether oxygens (including phenoxy) is 2. The Hall–Kier alpha value is -6.12. The fraction of sp³-hybridized carbons (Fsp3) is 0.660. The molecule has 12 atom stereocenters. The number of nitrogens with zero attached hydrogens (tertiary/aromatic N) is 2. The minimum absolute atomic E-state index is 0.0484.